The molecule has 3 rings (SSSR count). The predicted molar refractivity (Wildman–Crippen MR) is 96.4 cm³/mol. The summed E-state index contributed by atoms with van der Waals surface area (Å²) < 4.78 is 34.6. The van der Waals surface area contributed by atoms with Crippen LogP contribution < -0.4 is 15.0 Å². The number of nitrogens with zero attached hydrogens (tertiary/aromatic N) is 2. The number of aryl methyl sites for hydroxylation is 2. The van der Waals surface area contributed by atoms with Crippen molar-refractivity contribution in [3.05, 3.63) is 50.3 Å². The van der Waals surface area contributed by atoms with E-state index in [0.717, 1.165) is 30.5 Å². The van der Waals surface area contributed by atoms with E-state index in [9.17, 15) is 13.2 Å². The van der Waals surface area contributed by atoms with Crippen molar-refractivity contribution in [2.24, 2.45) is 0 Å². The van der Waals surface area contributed by atoms with Gasteiger partial charge in [-0.05, 0) is 43.0 Å². The van der Waals surface area contributed by atoms with Crippen molar-refractivity contribution in [1.82, 2.24) is 14.5 Å². The normalized spacial score (nSPS) is 13.7. The van der Waals surface area contributed by atoms with E-state index in [4.69, 9.17) is 4.74 Å². The summed E-state index contributed by atoms with van der Waals surface area (Å²) in [7, 11) is -2.36. The third kappa shape index (κ3) is 3.94. The topological polar surface area (TPSA) is 90.3 Å². The van der Waals surface area contributed by atoms with Crippen molar-refractivity contribution in [3.63, 3.8) is 0 Å². The molecule has 7 nitrogen and oxygen atoms in total. The Hall–Kier alpha value is -1.71. The number of ether oxygens (including phenoxy) is 1. The number of benzene rings is 1. The first-order valence-corrected chi connectivity index (χ1v) is 10.1. The molecule has 1 aromatic carbocycles. The molecule has 0 saturated carbocycles. The Labute approximate surface area is 154 Å². The zero-order valence-electron chi connectivity index (χ0n) is 13.7. The SMILES string of the molecule is COc1ccc(Br)cc1S(=O)(=O)NCCn1nc2c(cc1=O)CCC2. The van der Waals surface area contributed by atoms with Crippen LogP contribution in [-0.4, -0.2) is 31.9 Å². The van der Waals surface area contributed by atoms with E-state index < -0.39 is 10.0 Å². The van der Waals surface area contributed by atoms with Gasteiger partial charge >= 0.3 is 0 Å². The molecule has 0 atom stereocenters. The Bertz CT molecular complexity index is 956. The van der Waals surface area contributed by atoms with E-state index in [0.29, 0.717) is 4.47 Å². The van der Waals surface area contributed by atoms with E-state index in [1.807, 2.05) is 0 Å². The van der Waals surface area contributed by atoms with Crippen molar-refractivity contribution >= 4 is 26.0 Å². The van der Waals surface area contributed by atoms with Gasteiger partial charge in [0.05, 0.1) is 19.3 Å². The zero-order valence-corrected chi connectivity index (χ0v) is 16.1. The van der Waals surface area contributed by atoms with Gasteiger partial charge in [0.25, 0.3) is 5.56 Å². The quantitative estimate of drug-likeness (QED) is 0.753. The molecule has 0 bridgehead atoms. The molecule has 0 saturated heterocycles. The Morgan fingerprint density at radius 3 is 2.88 bits per heavy atom. The Kier molecular flexibility index (Phi) is 5.26. The van der Waals surface area contributed by atoms with Crippen LogP contribution in [0.5, 0.6) is 5.75 Å². The molecule has 1 heterocycles. The molecule has 1 aliphatic carbocycles. The summed E-state index contributed by atoms with van der Waals surface area (Å²) in [6.07, 6.45) is 2.74. The van der Waals surface area contributed by atoms with E-state index in [1.165, 1.54) is 17.9 Å². The number of aromatic nitrogens is 2. The second-order valence-corrected chi connectivity index (χ2v) is 8.38. The highest BCUT2D eigenvalue weighted by Crippen LogP contribution is 2.27. The highest BCUT2D eigenvalue weighted by atomic mass is 79.9. The minimum Gasteiger partial charge on any atom is -0.495 e. The Balaban J connectivity index is 1.74. The van der Waals surface area contributed by atoms with Crippen molar-refractivity contribution in [3.8, 4) is 5.75 Å². The molecule has 0 unspecified atom stereocenters. The van der Waals surface area contributed by atoms with Gasteiger partial charge in [0.1, 0.15) is 10.6 Å². The van der Waals surface area contributed by atoms with E-state index in [2.05, 4.69) is 25.8 Å². The van der Waals surface area contributed by atoms with Crippen LogP contribution in [0.3, 0.4) is 0 Å². The molecule has 0 amide bonds. The molecule has 1 aromatic heterocycles. The molecule has 1 aliphatic rings. The summed E-state index contributed by atoms with van der Waals surface area (Å²) in [5, 5.41) is 4.33. The van der Waals surface area contributed by atoms with Gasteiger partial charge < -0.3 is 4.74 Å². The molecule has 0 radical (unpaired) electrons. The van der Waals surface area contributed by atoms with Gasteiger partial charge in [-0.15, -0.1) is 0 Å². The standard InChI is InChI=1S/C16H18BrN3O4S/c1-24-14-6-5-12(17)10-15(14)25(22,23)18-7-8-20-16(21)9-11-3-2-4-13(11)19-20/h5-6,9-10,18H,2-4,7-8H2,1H3. The second-order valence-electron chi connectivity index (χ2n) is 5.72. The average Bonchev–Trinajstić information content (AvgIpc) is 3.02. The number of fused-ring (bicyclic) bond motifs is 1. The lowest BCUT2D eigenvalue weighted by molar-refractivity contribution is 0.402. The molecule has 25 heavy (non-hydrogen) atoms. The van der Waals surface area contributed by atoms with Crippen LogP contribution in [-0.2, 0) is 29.4 Å². The number of rotatable bonds is 6. The van der Waals surface area contributed by atoms with Gasteiger partial charge in [-0.2, -0.15) is 5.10 Å². The summed E-state index contributed by atoms with van der Waals surface area (Å²) in [5.74, 6) is 0.253. The minimum atomic E-state index is -3.77. The maximum absolute atomic E-state index is 12.5. The van der Waals surface area contributed by atoms with Crippen LogP contribution in [0.1, 0.15) is 17.7 Å². The van der Waals surface area contributed by atoms with Crippen LogP contribution in [0, 0.1) is 0 Å². The number of halogens is 1. The fourth-order valence-corrected chi connectivity index (χ4v) is 4.55. The third-order valence-electron chi connectivity index (χ3n) is 4.05. The van der Waals surface area contributed by atoms with Crippen LogP contribution >= 0.6 is 15.9 Å². The molecule has 1 N–H and O–H groups in total. The smallest absolute Gasteiger partial charge is 0.267 e. The summed E-state index contributed by atoms with van der Waals surface area (Å²) >= 11 is 3.26. The van der Waals surface area contributed by atoms with Gasteiger partial charge in [0.2, 0.25) is 10.0 Å². The van der Waals surface area contributed by atoms with Crippen molar-refractivity contribution in [2.45, 2.75) is 30.7 Å². The van der Waals surface area contributed by atoms with Crippen molar-refractivity contribution in [2.75, 3.05) is 13.7 Å². The number of nitrogens with one attached hydrogen (secondary N) is 1. The van der Waals surface area contributed by atoms with E-state index >= 15 is 0 Å². The Morgan fingerprint density at radius 1 is 1.32 bits per heavy atom. The number of hydrogen-bond acceptors (Lipinski definition) is 5. The predicted octanol–water partition coefficient (Wildman–Crippen LogP) is 1.48. The molecular formula is C16H18BrN3O4S. The average molecular weight is 428 g/mol. The Morgan fingerprint density at radius 2 is 2.12 bits per heavy atom. The van der Waals surface area contributed by atoms with Gasteiger partial charge in [-0.25, -0.2) is 17.8 Å². The summed E-state index contributed by atoms with van der Waals surface area (Å²) in [5.41, 5.74) is 1.72. The lowest BCUT2D eigenvalue weighted by Crippen LogP contribution is -2.32. The fraction of sp³-hybridized carbons (Fsp3) is 0.375. The lowest BCUT2D eigenvalue weighted by Gasteiger charge is -2.12. The van der Waals surface area contributed by atoms with Gasteiger partial charge in [0.15, 0.2) is 0 Å². The van der Waals surface area contributed by atoms with Crippen molar-refractivity contribution in [1.29, 1.82) is 0 Å². The molecular weight excluding hydrogens is 410 g/mol. The maximum Gasteiger partial charge on any atom is 0.267 e. The minimum absolute atomic E-state index is 0.0404. The zero-order chi connectivity index (χ0) is 18.0. The highest BCUT2D eigenvalue weighted by Gasteiger charge is 2.20. The first-order chi connectivity index (χ1) is 11.9. The molecule has 9 heteroatoms. The summed E-state index contributed by atoms with van der Waals surface area (Å²) in [4.78, 5) is 12.1. The van der Waals surface area contributed by atoms with Gasteiger partial charge in [0, 0.05) is 17.1 Å². The first-order valence-electron chi connectivity index (χ1n) is 7.84. The molecule has 2 aromatic rings. The molecule has 0 fully saturated rings. The van der Waals surface area contributed by atoms with Crippen LogP contribution in [0.25, 0.3) is 0 Å². The monoisotopic (exact) mass is 427 g/mol. The summed E-state index contributed by atoms with van der Waals surface area (Å²) in [6, 6.07) is 6.35. The first kappa shape index (κ1) is 18.1. The van der Waals surface area contributed by atoms with Gasteiger partial charge in [-0.3, -0.25) is 4.79 Å². The lowest BCUT2D eigenvalue weighted by atomic mass is 10.2. The fourth-order valence-electron chi connectivity index (χ4n) is 2.82. The van der Waals surface area contributed by atoms with Crippen LogP contribution in [0.15, 0.2) is 38.4 Å². The molecule has 0 aliphatic heterocycles. The largest absolute Gasteiger partial charge is 0.495 e. The molecule has 134 valence electrons. The molecule has 0 spiro atoms. The summed E-state index contributed by atoms with van der Waals surface area (Å²) in [6.45, 7) is 0.228. The van der Waals surface area contributed by atoms with E-state index in [-0.39, 0.29) is 29.3 Å². The number of methoxy groups -OCH3 is 1. The van der Waals surface area contributed by atoms with Gasteiger partial charge in [-0.1, -0.05) is 15.9 Å². The van der Waals surface area contributed by atoms with E-state index in [1.54, 1.807) is 18.2 Å². The van der Waals surface area contributed by atoms with Crippen LogP contribution in [0.2, 0.25) is 0 Å². The van der Waals surface area contributed by atoms with Crippen LogP contribution in [0.4, 0.5) is 0 Å². The number of hydrogen-bond donors (Lipinski definition) is 1. The highest BCUT2D eigenvalue weighted by molar-refractivity contribution is 9.10. The maximum atomic E-state index is 12.5. The van der Waals surface area contributed by atoms with Crippen molar-refractivity contribution < 1.29 is 13.2 Å². The third-order valence-corrected chi connectivity index (χ3v) is 6.03. The number of sulfonamides is 1. The second kappa shape index (κ2) is 7.27.